The van der Waals surface area contributed by atoms with Gasteiger partial charge in [0.15, 0.2) is 0 Å². The zero-order chi connectivity index (χ0) is 18.6. The van der Waals surface area contributed by atoms with Crippen LogP contribution in [0.5, 0.6) is 0 Å². The molecule has 0 radical (unpaired) electrons. The van der Waals surface area contributed by atoms with E-state index >= 15 is 0 Å². The number of carbonyl (C=O) groups excluding carboxylic acids is 1. The number of anilines is 2. The molecule has 0 spiro atoms. The van der Waals surface area contributed by atoms with Gasteiger partial charge in [0.1, 0.15) is 0 Å². The number of carbonyl (C=O) groups is 1. The van der Waals surface area contributed by atoms with Gasteiger partial charge in [-0.05, 0) is 37.3 Å². The lowest BCUT2D eigenvalue weighted by Gasteiger charge is -2.18. The molecule has 0 bridgehead atoms. The average Bonchev–Trinajstić information content (AvgIpc) is 2.92. The van der Waals surface area contributed by atoms with E-state index in [1.807, 2.05) is 19.1 Å². The third-order valence-electron chi connectivity index (χ3n) is 3.38. The Morgan fingerprint density at radius 3 is 2.40 bits per heavy atom. The molecule has 0 atom stereocenters. The summed E-state index contributed by atoms with van der Waals surface area (Å²) < 4.78 is 27.3. The Balaban J connectivity index is 2.02. The van der Waals surface area contributed by atoms with Crippen LogP contribution in [0.25, 0.3) is 0 Å². The van der Waals surface area contributed by atoms with Gasteiger partial charge in [-0.2, -0.15) is 12.7 Å². The SMILES string of the molecule is Cc1ccc(CN(C)C(=O)Nc2cccc(NS(=O)(=O)N(C)C)c2)s1. The number of thiophene rings is 1. The average molecular weight is 383 g/mol. The van der Waals surface area contributed by atoms with E-state index in [1.54, 1.807) is 47.5 Å². The van der Waals surface area contributed by atoms with Crippen LogP contribution in [0.1, 0.15) is 9.75 Å². The molecule has 2 amide bonds. The Morgan fingerprint density at radius 2 is 1.80 bits per heavy atom. The van der Waals surface area contributed by atoms with Crippen LogP contribution >= 0.6 is 11.3 Å². The van der Waals surface area contributed by atoms with Crippen LogP contribution in [-0.4, -0.2) is 44.8 Å². The van der Waals surface area contributed by atoms with Gasteiger partial charge in [0.25, 0.3) is 0 Å². The Bertz CT molecular complexity index is 847. The summed E-state index contributed by atoms with van der Waals surface area (Å²) in [6, 6.07) is 10.3. The number of nitrogens with zero attached hydrogens (tertiary/aromatic N) is 2. The number of hydrogen-bond acceptors (Lipinski definition) is 4. The van der Waals surface area contributed by atoms with E-state index < -0.39 is 10.2 Å². The molecule has 7 nitrogen and oxygen atoms in total. The molecule has 25 heavy (non-hydrogen) atoms. The molecule has 0 saturated heterocycles. The molecule has 2 N–H and O–H groups in total. The molecule has 9 heteroatoms. The maximum absolute atomic E-state index is 12.3. The van der Waals surface area contributed by atoms with Crippen molar-refractivity contribution in [1.82, 2.24) is 9.21 Å². The lowest BCUT2D eigenvalue weighted by molar-refractivity contribution is 0.221. The number of nitrogens with one attached hydrogen (secondary N) is 2. The largest absolute Gasteiger partial charge is 0.322 e. The van der Waals surface area contributed by atoms with E-state index in [4.69, 9.17) is 0 Å². The fourth-order valence-corrected chi connectivity index (χ4v) is 3.55. The molecule has 1 aromatic heterocycles. The molecule has 2 aromatic rings. The summed E-state index contributed by atoms with van der Waals surface area (Å²) in [4.78, 5) is 16.2. The molecule has 0 aliphatic carbocycles. The quantitative estimate of drug-likeness (QED) is 0.806. The molecule has 0 saturated carbocycles. The van der Waals surface area contributed by atoms with Crippen molar-refractivity contribution in [2.45, 2.75) is 13.5 Å². The zero-order valence-electron chi connectivity index (χ0n) is 14.6. The predicted molar refractivity (Wildman–Crippen MR) is 102 cm³/mol. The van der Waals surface area contributed by atoms with Crippen LogP contribution < -0.4 is 10.0 Å². The molecule has 1 aromatic carbocycles. The van der Waals surface area contributed by atoms with Crippen LogP contribution in [0.4, 0.5) is 16.2 Å². The van der Waals surface area contributed by atoms with E-state index in [0.717, 1.165) is 9.18 Å². The molecule has 136 valence electrons. The van der Waals surface area contributed by atoms with Crippen LogP contribution in [-0.2, 0) is 16.8 Å². The number of benzene rings is 1. The van der Waals surface area contributed by atoms with E-state index in [-0.39, 0.29) is 6.03 Å². The first-order valence-corrected chi connectivity index (χ1v) is 9.81. The summed E-state index contributed by atoms with van der Waals surface area (Å²) in [6.45, 7) is 2.53. The summed E-state index contributed by atoms with van der Waals surface area (Å²) >= 11 is 1.65. The smallest absolute Gasteiger partial charge is 0.321 e. The van der Waals surface area contributed by atoms with Crippen molar-refractivity contribution in [3.63, 3.8) is 0 Å². The van der Waals surface area contributed by atoms with E-state index in [0.29, 0.717) is 17.9 Å². The standard InChI is InChI=1S/C16H22N4O3S2/c1-12-8-9-15(24-12)11-20(4)16(21)17-13-6-5-7-14(10-13)18-25(22,23)19(2)3/h5-10,18H,11H2,1-4H3,(H,17,21). The third kappa shape index (κ3) is 5.45. The lowest BCUT2D eigenvalue weighted by Crippen LogP contribution is -2.31. The Kier molecular flexibility index (Phi) is 6.04. The highest BCUT2D eigenvalue weighted by Crippen LogP contribution is 2.19. The number of rotatable bonds is 6. The van der Waals surface area contributed by atoms with Gasteiger partial charge in [0.05, 0.1) is 12.2 Å². The lowest BCUT2D eigenvalue weighted by atomic mass is 10.3. The molecule has 0 unspecified atom stereocenters. The molecule has 0 aliphatic rings. The summed E-state index contributed by atoms with van der Waals surface area (Å²) in [5.41, 5.74) is 0.890. The molecule has 2 rings (SSSR count). The number of aryl methyl sites for hydroxylation is 1. The highest BCUT2D eigenvalue weighted by atomic mass is 32.2. The fourth-order valence-electron chi connectivity index (χ4n) is 2.00. The van der Waals surface area contributed by atoms with Crippen molar-refractivity contribution >= 4 is 39.0 Å². The normalized spacial score (nSPS) is 11.4. The summed E-state index contributed by atoms with van der Waals surface area (Å²) in [5, 5.41) is 2.77. The zero-order valence-corrected chi connectivity index (χ0v) is 16.2. The van der Waals surface area contributed by atoms with Gasteiger partial charge in [-0.1, -0.05) is 6.07 Å². The van der Waals surface area contributed by atoms with Gasteiger partial charge in [0.2, 0.25) is 0 Å². The minimum atomic E-state index is -3.59. The predicted octanol–water partition coefficient (Wildman–Crippen LogP) is 2.94. The minimum absolute atomic E-state index is 0.265. The van der Waals surface area contributed by atoms with Gasteiger partial charge in [-0.15, -0.1) is 11.3 Å². The van der Waals surface area contributed by atoms with Crippen LogP contribution in [0.15, 0.2) is 36.4 Å². The van der Waals surface area contributed by atoms with Gasteiger partial charge in [0, 0.05) is 36.6 Å². The van der Waals surface area contributed by atoms with Crippen molar-refractivity contribution in [1.29, 1.82) is 0 Å². The topological polar surface area (TPSA) is 81.8 Å². The first-order valence-electron chi connectivity index (χ1n) is 7.55. The van der Waals surface area contributed by atoms with Gasteiger partial charge >= 0.3 is 16.2 Å². The second-order valence-corrected chi connectivity index (χ2v) is 9.03. The minimum Gasteiger partial charge on any atom is -0.322 e. The van der Waals surface area contributed by atoms with Gasteiger partial charge < -0.3 is 10.2 Å². The van der Waals surface area contributed by atoms with E-state index in [9.17, 15) is 13.2 Å². The number of hydrogen-bond donors (Lipinski definition) is 2. The van der Waals surface area contributed by atoms with Crippen LogP contribution in [0.3, 0.4) is 0 Å². The second kappa shape index (κ2) is 7.85. The number of amides is 2. The molecular formula is C16H22N4O3S2. The highest BCUT2D eigenvalue weighted by Gasteiger charge is 2.14. The van der Waals surface area contributed by atoms with Crippen LogP contribution in [0, 0.1) is 6.92 Å². The Morgan fingerprint density at radius 1 is 1.12 bits per heavy atom. The van der Waals surface area contributed by atoms with E-state index in [2.05, 4.69) is 10.0 Å². The van der Waals surface area contributed by atoms with Crippen molar-refractivity contribution in [3.8, 4) is 0 Å². The Labute approximate surface area is 152 Å². The Hall–Kier alpha value is -2.10. The van der Waals surface area contributed by atoms with Crippen molar-refractivity contribution in [3.05, 3.63) is 46.2 Å². The third-order valence-corrected chi connectivity index (χ3v) is 5.82. The first-order chi connectivity index (χ1) is 11.7. The maximum Gasteiger partial charge on any atom is 0.321 e. The first kappa shape index (κ1) is 19.2. The van der Waals surface area contributed by atoms with Crippen LogP contribution in [0.2, 0.25) is 0 Å². The maximum atomic E-state index is 12.3. The van der Waals surface area contributed by atoms with Gasteiger partial charge in [-0.25, -0.2) is 4.79 Å². The monoisotopic (exact) mass is 382 g/mol. The van der Waals surface area contributed by atoms with Crippen molar-refractivity contribution in [2.75, 3.05) is 31.2 Å². The molecule has 1 heterocycles. The highest BCUT2D eigenvalue weighted by molar-refractivity contribution is 7.90. The van der Waals surface area contributed by atoms with Crippen molar-refractivity contribution in [2.24, 2.45) is 0 Å². The summed E-state index contributed by atoms with van der Waals surface area (Å²) in [5.74, 6) is 0. The number of urea groups is 1. The molecule has 0 fully saturated rings. The molecule has 0 aliphatic heterocycles. The van der Waals surface area contributed by atoms with Gasteiger partial charge in [-0.3, -0.25) is 4.72 Å². The molecular weight excluding hydrogens is 360 g/mol. The fraction of sp³-hybridized carbons (Fsp3) is 0.312. The summed E-state index contributed by atoms with van der Waals surface area (Å²) in [7, 11) is 1.00. The second-order valence-electron chi connectivity index (χ2n) is 5.77. The summed E-state index contributed by atoms with van der Waals surface area (Å²) in [6.07, 6.45) is 0. The van der Waals surface area contributed by atoms with E-state index in [1.165, 1.54) is 19.0 Å². The van der Waals surface area contributed by atoms with Crippen molar-refractivity contribution < 1.29 is 13.2 Å².